The summed E-state index contributed by atoms with van der Waals surface area (Å²) in [5.74, 6) is 1.76. The molecule has 2 rings (SSSR count). The van der Waals surface area contributed by atoms with Crippen LogP contribution in [0.15, 0.2) is 42.5 Å². The molecule has 0 atom stereocenters. The van der Waals surface area contributed by atoms with E-state index in [1.165, 1.54) is 5.56 Å². The maximum atomic E-state index is 5.85. The summed E-state index contributed by atoms with van der Waals surface area (Å²) in [6.07, 6.45) is 1.89. The van der Waals surface area contributed by atoms with E-state index in [1.54, 1.807) is 0 Å². The van der Waals surface area contributed by atoms with Crippen molar-refractivity contribution in [1.29, 1.82) is 0 Å². The fourth-order valence-electron chi connectivity index (χ4n) is 2.04. The molecule has 3 heteroatoms. The SMILES string of the molecule is CCc1ccc(OCCCOc2cccc(N)c2C)cc1. The van der Waals surface area contributed by atoms with Crippen LogP contribution in [0.3, 0.4) is 0 Å². The van der Waals surface area contributed by atoms with E-state index >= 15 is 0 Å². The topological polar surface area (TPSA) is 44.5 Å². The van der Waals surface area contributed by atoms with Gasteiger partial charge < -0.3 is 15.2 Å². The van der Waals surface area contributed by atoms with Gasteiger partial charge in [0.05, 0.1) is 13.2 Å². The van der Waals surface area contributed by atoms with E-state index < -0.39 is 0 Å². The van der Waals surface area contributed by atoms with Gasteiger partial charge in [0.1, 0.15) is 11.5 Å². The lowest BCUT2D eigenvalue weighted by molar-refractivity contribution is 0.246. The molecule has 21 heavy (non-hydrogen) atoms. The number of nitrogen functional groups attached to an aromatic ring is 1. The van der Waals surface area contributed by atoms with Gasteiger partial charge in [-0.3, -0.25) is 0 Å². The van der Waals surface area contributed by atoms with Crippen molar-refractivity contribution < 1.29 is 9.47 Å². The molecule has 0 heterocycles. The lowest BCUT2D eigenvalue weighted by Gasteiger charge is -2.11. The van der Waals surface area contributed by atoms with Crippen molar-refractivity contribution in [2.75, 3.05) is 18.9 Å². The number of benzene rings is 2. The molecule has 2 N–H and O–H groups in total. The summed E-state index contributed by atoms with van der Waals surface area (Å²) in [6.45, 7) is 5.38. The molecule has 0 aliphatic carbocycles. The van der Waals surface area contributed by atoms with Gasteiger partial charge in [-0.05, 0) is 43.2 Å². The molecule has 0 spiro atoms. The molecule has 0 bridgehead atoms. The maximum absolute atomic E-state index is 5.85. The Morgan fingerprint density at radius 2 is 1.67 bits per heavy atom. The summed E-state index contributed by atoms with van der Waals surface area (Å²) in [6, 6.07) is 14.0. The summed E-state index contributed by atoms with van der Waals surface area (Å²) >= 11 is 0. The van der Waals surface area contributed by atoms with E-state index in [0.29, 0.717) is 13.2 Å². The summed E-state index contributed by atoms with van der Waals surface area (Å²) < 4.78 is 11.4. The molecule has 0 saturated carbocycles. The average Bonchev–Trinajstić information content (AvgIpc) is 2.51. The average molecular weight is 285 g/mol. The highest BCUT2D eigenvalue weighted by Crippen LogP contribution is 2.22. The van der Waals surface area contributed by atoms with Crippen molar-refractivity contribution in [1.82, 2.24) is 0 Å². The smallest absolute Gasteiger partial charge is 0.124 e. The predicted octanol–water partition coefficient (Wildman–Crippen LogP) is 3.99. The van der Waals surface area contributed by atoms with Gasteiger partial charge in [-0.1, -0.05) is 25.1 Å². The highest BCUT2D eigenvalue weighted by Gasteiger charge is 2.02. The lowest BCUT2D eigenvalue weighted by Crippen LogP contribution is -2.06. The zero-order valence-corrected chi connectivity index (χ0v) is 12.8. The molecule has 0 aliphatic heterocycles. The molecule has 0 aromatic heterocycles. The Hall–Kier alpha value is -2.16. The maximum Gasteiger partial charge on any atom is 0.124 e. The first-order chi connectivity index (χ1) is 10.2. The van der Waals surface area contributed by atoms with Crippen LogP contribution in [0, 0.1) is 6.92 Å². The van der Waals surface area contributed by atoms with Crippen molar-refractivity contribution in [3.05, 3.63) is 53.6 Å². The molecule has 112 valence electrons. The highest BCUT2D eigenvalue weighted by molar-refractivity contribution is 5.53. The second-order valence-corrected chi connectivity index (χ2v) is 5.02. The van der Waals surface area contributed by atoms with Crippen molar-refractivity contribution in [2.45, 2.75) is 26.7 Å². The van der Waals surface area contributed by atoms with E-state index in [0.717, 1.165) is 35.6 Å². The van der Waals surface area contributed by atoms with Gasteiger partial charge in [0, 0.05) is 17.7 Å². The van der Waals surface area contributed by atoms with Gasteiger partial charge >= 0.3 is 0 Å². The Labute approximate surface area is 126 Å². The number of hydrogen-bond acceptors (Lipinski definition) is 3. The number of ether oxygens (including phenoxy) is 2. The molecule has 0 saturated heterocycles. The van der Waals surface area contributed by atoms with Gasteiger partial charge in [0.25, 0.3) is 0 Å². The summed E-state index contributed by atoms with van der Waals surface area (Å²) in [7, 11) is 0. The third-order valence-electron chi connectivity index (χ3n) is 3.47. The largest absolute Gasteiger partial charge is 0.493 e. The van der Waals surface area contributed by atoms with Crippen molar-refractivity contribution in [3.8, 4) is 11.5 Å². The number of aryl methyl sites for hydroxylation is 1. The Bertz CT molecular complexity index is 564. The van der Waals surface area contributed by atoms with Gasteiger partial charge in [-0.15, -0.1) is 0 Å². The first-order valence-corrected chi connectivity index (χ1v) is 7.40. The lowest BCUT2D eigenvalue weighted by atomic mass is 10.2. The fourth-order valence-corrected chi connectivity index (χ4v) is 2.04. The van der Waals surface area contributed by atoms with Crippen LogP contribution in [-0.2, 0) is 6.42 Å². The van der Waals surface area contributed by atoms with E-state index in [1.807, 2.05) is 37.3 Å². The summed E-state index contributed by atoms with van der Waals surface area (Å²) in [5.41, 5.74) is 8.93. The third kappa shape index (κ3) is 4.42. The van der Waals surface area contributed by atoms with Crippen LogP contribution in [0.25, 0.3) is 0 Å². The minimum Gasteiger partial charge on any atom is -0.493 e. The van der Waals surface area contributed by atoms with Crippen LogP contribution in [0.4, 0.5) is 5.69 Å². The molecule has 2 aromatic rings. The van der Waals surface area contributed by atoms with E-state index in [4.69, 9.17) is 15.2 Å². The number of hydrogen-bond donors (Lipinski definition) is 1. The van der Waals surface area contributed by atoms with Crippen LogP contribution >= 0.6 is 0 Å². The van der Waals surface area contributed by atoms with Gasteiger partial charge in [-0.25, -0.2) is 0 Å². The van der Waals surface area contributed by atoms with Crippen LogP contribution in [0.2, 0.25) is 0 Å². The second-order valence-electron chi connectivity index (χ2n) is 5.02. The molecule has 0 unspecified atom stereocenters. The Morgan fingerprint density at radius 1 is 0.952 bits per heavy atom. The quantitative estimate of drug-likeness (QED) is 0.618. The minimum atomic E-state index is 0.622. The van der Waals surface area contributed by atoms with Gasteiger partial charge in [-0.2, -0.15) is 0 Å². The van der Waals surface area contributed by atoms with Crippen LogP contribution in [-0.4, -0.2) is 13.2 Å². The zero-order valence-electron chi connectivity index (χ0n) is 12.8. The van der Waals surface area contributed by atoms with Crippen molar-refractivity contribution >= 4 is 5.69 Å². The number of anilines is 1. The first kappa shape index (κ1) is 15.2. The number of rotatable bonds is 7. The molecule has 0 amide bonds. The van der Waals surface area contributed by atoms with Gasteiger partial charge in [0.2, 0.25) is 0 Å². The summed E-state index contributed by atoms with van der Waals surface area (Å²) in [4.78, 5) is 0. The Balaban J connectivity index is 1.71. The van der Waals surface area contributed by atoms with Crippen LogP contribution < -0.4 is 15.2 Å². The molecular formula is C18H23NO2. The molecule has 0 radical (unpaired) electrons. The second kappa shape index (κ2) is 7.58. The Kier molecular flexibility index (Phi) is 5.50. The van der Waals surface area contributed by atoms with E-state index in [9.17, 15) is 0 Å². The zero-order chi connectivity index (χ0) is 15.1. The highest BCUT2D eigenvalue weighted by atomic mass is 16.5. The van der Waals surface area contributed by atoms with Crippen molar-refractivity contribution in [2.24, 2.45) is 0 Å². The Morgan fingerprint density at radius 3 is 2.38 bits per heavy atom. The minimum absolute atomic E-state index is 0.622. The molecule has 2 aromatic carbocycles. The van der Waals surface area contributed by atoms with E-state index in [-0.39, 0.29) is 0 Å². The molecule has 3 nitrogen and oxygen atoms in total. The monoisotopic (exact) mass is 285 g/mol. The van der Waals surface area contributed by atoms with Crippen LogP contribution in [0.1, 0.15) is 24.5 Å². The summed E-state index contributed by atoms with van der Waals surface area (Å²) in [5, 5.41) is 0. The predicted molar refractivity (Wildman–Crippen MR) is 87.0 cm³/mol. The van der Waals surface area contributed by atoms with E-state index in [2.05, 4.69) is 19.1 Å². The molecule has 0 fully saturated rings. The van der Waals surface area contributed by atoms with Crippen molar-refractivity contribution in [3.63, 3.8) is 0 Å². The standard InChI is InChI=1S/C18H23NO2/c1-3-15-8-10-16(11-9-15)20-12-5-13-21-18-7-4-6-17(19)14(18)2/h4,6-11H,3,5,12-13,19H2,1-2H3. The van der Waals surface area contributed by atoms with Gasteiger partial charge in [0.15, 0.2) is 0 Å². The molecule has 0 aliphatic rings. The third-order valence-corrected chi connectivity index (χ3v) is 3.47. The molecular weight excluding hydrogens is 262 g/mol. The normalized spacial score (nSPS) is 10.4. The fraction of sp³-hybridized carbons (Fsp3) is 0.333. The number of nitrogens with two attached hydrogens (primary N) is 1. The first-order valence-electron chi connectivity index (χ1n) is 7.40. The van der Waals surface area contributed by atoms with Crippen LogP contribution in [0.5, 0.6) is 11.5 Å².